The highest BCUT2D eigenvalue weighted by atomic mass is 19.4. The summed E-state index contributed by atoms with van der Waals surface area (Å²) in [5, 5.41) is 16.2. The minimum atomic E-state index is -4.26. The van der Waals surface area contributed by atoms with Crippen LogP contribution in [0.5, 0.6) is 0 Å². The molecule has 2 heterocycles. The maximum Gasteiger partial charge on any atom is 0.389 e. The van der Waals surface area contributed by atoms with Gasteiger partial charge in [0.05, 0.1) is 18.2 Å². The third-order valence-electron chi connectivity index (χ3n) is 2.83. The summed E-state index contributed by atoms with van der Waals surface area (Å²) in [6.07, 6.45) is -2.58. The van der Waals surface area contributed by atoms with Crippen LogP contribution in [-0.4, -0.2) is 41.8 Å². The second-order valence-electron chi connectivity index (χ2n) is 4.42. The van der Waals surface area contributed by atoms with E-state index >= 15 is 0 Å². The summed E-state index contributed by atoms with van der Waals surface area (Å²) in [7, 11) is 1.64. The summed E-state index contributed by atoms with van der Waals surface area (Å²) in [4.78, 5) is 15.0. The molecule has 0 radical (unpaired) electrons. The molecule has 0 saturated heterocycles. The average molecular weight is 303 g/mol. The minimum absolute atomic E-state index is 0.0830. The molecule has 2 rings (SSSR count). The highest BCUT2D eigenvalue weighted by Gasteiger charge is 2.27. The van der Waals surface area contributed by atoms with E-state index in [1.807, 2.05) is 0 Å². The van der Waals surface area contributed by atoms with E-state index in [1.165, 1.54) is 12.5 Å². The van der Waals surface area contributed by atoms with E-state index in [2.05, 4.69) is 15.3 Å². The monoisotopic (exact) mass is 303 g/mol. The van der Waals surface area contributed by atoms with Crippen molar-refractivity contribution in [2.24, 2.45) is 7.05 Å². The van der Waals surface area contributed by atoms with Gasteiger partial charge < -0.3 is 9.67 Å². The zero-order chi connectivity index (χ0) is 15.6. The van der Waals surface area contributed by atoms with Crippen LogP contribution in [0.1, 0.15) is 23.3 Å². The zero-order valence-electron chi connectivity index (χ0n) is 11.0. The second kappa shape index (κ2) is 5.54. The van der Waals surface area contributed by atoms with E-state index < -0.39 is 18.6 Å². The topological polar surface area (TPSA) is 85.8 Å². The fourth-order valence-corrected chi connectivity index (χ4v) is 1.88. The van der Waals surface area contributed by atoms with Gasteiger partial charge in [0.15, 0.2) is 5.69 Å². The Balaban J connectivity index is 2.30. The van der Waals surface area contributed by atoms with Crippen LogP contribution in [0.2, 0.25) is 0 Å². The van der Waals surface area contributed by atoms with Crippen molar-refractivity contribution in [1.29, 1.82) is 0 Å². The van der Waals surface area contributed by atoms with Crippen LogP contribution in [0.15, 0.2) is 12.5 Å². The molecule has 0 aliphatic rings. The smallest absolute Gasteiger partial charge is 0.389 e. The number of carbonyl (C=O) groups is 1. The number of aromatic nitrogens is 5. The molecule has 0 aromatic carbocycles. The van der Waals surface area contributed by atoms with Gasteiger partial charge in [-0.2, -0.15) is 13.2 Å². The third kappa shape index (κ3) is 3.38. The van der Waals surface area contributed by atoms with Crippen molar-refractivity contribution in [3.8, 4) is 11.4 Å². The first-order chi connectivity index (χ1) is 9.79. The lowest BCUT2D eigenvalue weighted by Crippen LogP contribution is -2.11. The fraction of sp³-hybridized carbons (Fsp3) is 0.455. The Hall–Kier alpha value is -2.39. The third-order valence-corrected chi connectivity index (χ3v) is 2.83. The van der Waals surface area contributed by atoms with Crippen LogP contribution >= 0.6 is 0 Å². The van der Waals surface area contributed by atoms with E-state index in [4.69, 9.17) is 5.11 Å². The fourth-order valence-electron chi connectivity index (χ4n) is 1.88. The van der Waals surface area contributed by atoms with Crippen molar-refractivity contribution in [1.82, 2.24) is 24.5 Å². The molecule has 0 saturated carbocycles. The van der Waals surface area contributed by atoms with Gasteiger partial charge in [0, 0.05) is 20.0 Å². The largest absolute Gasteiger partial charge is 0.476 e. The minimum Gasteiger partial charge on any atom is -0.476 e. The molecule has 2 aromatic rings. The molecular formula is C11H12F3N5O2. The van der Waals surface area contributed by atoms with E-state index in [0.717, 1.165) is 4.68 Å². The number of nitrogens with zero attached hydrogens (tertiary/aromatic N) is 5. The van der Waals surface area contributed by atoms with Crippen molar-refractivity contribution in [3.63, 3.8) is 0 Å². The quantitative estimate of drug-likeness (QED) is 0.909. The number of hydrogen-bond donors (Lipinski definition) is 1. The summed E-state index contributed by atoms with van der Waals surface area (Å²) < 4.78 is 39.2. The lowest BCUT2D eigenvalue weighted by Gasteiger charge is -2.09. The predicted molar refractivity (Wildman–Crippen MR) is 64.5 cm³/mol. The Bertz CT molecular complexity index is 647. The Morgan fingerprint density at radius 3 is 2.67 bits per heavy atom. The Morgan fingerprint density at radius 1 is 1.43 bits per heavy atom. The lowest BCUT2D eigenvalue weighted by atomic mass is 10.2. The van der Waals surface area contributed by atoms with E-state index in [0.29, 0.717) is 5.69 Å². The van der Waals surface area contributed by atoms with Gasteiger partial charge in [0.25, 0.3) is 0 Å². The van der Waals surface area contributed by atoms with Crippen molar-refractivity contribution in [2.45, 2.75) is 25.6 Å². The molecule has 1 N–H and O–H groups in total. The molecule has 0 spiro atoms. The van der Waals surface area contributed by atoms with Crippen molar-refractivity contribution in [2.75, 3.05) is 0 Å². The lowest BCUT2D eigenvalue weighted by molar-refractivity contribution is -0.136. The highest BCUT2D eigenvalue weighted by molar-refractivity contribution is 5.92. The van der Waals surface area contributed by atoms with Crippen molar-refractivity contribution >= 4 is 5.97 Å². The second-order valence-corrected chi connectivity index (χ2v) is 4.42. The molecule has 0 amide bonds. The van der Waals surface area contributed by atoms with Crippen LogP contribution in [0.3, 0.4) is 0 Å². The van der Waals surface area contributed by atoms with Crippen LogP contribution in [0.25, 0.3) is 11.4 Å². The first kappa shape index (κ1) is 15.0. The summed E-state index contributed by atoms with van der Waals surface area (Å²) in [6.45, 7) is -0.0830. The van der Waals surface area contributed by atoms with Gasteiger partial charge in [-0.25, -0.2) is 14.5 Å². The number of hydrogen-bond acceptors (Lipinski definition) is 4. The van der Waals surface area contributed by atoms with Crippen molar-refractivity contribution < 1.29 is 23.1 Å². The van der Waals surface area contributed by atoms with E-state index in [1.54, 1.807) is 11.6 Å². The van der Waals surface area contributed by atoms with Crippen molar-refractivity contribution in [3.05, 3.63) is 18.2 Å². The summed E-state index contributed by atoms with van der Waals surface area (Å²) in [5.41, 5.74) is 0.250. The standard InChI is InChI=1S/C11H12F3N5O2/c1-18-6-15-5-7(18)9-8(10(20)21)16-17-19(9)4-2-3-11(12,13)14/h5-6H,2-4H2,1H3,(H,20,21). The molecule has 0 aliphatic carbocycles. The first-order valence-electron chi connectivity index (χ1n) is 6.00. The number of halogens is 3. The number of rotatable bonds is 5. The molecule has 21 heavy (non-hydrogen) atoms. The number of imidazole rings is 1. The zero-order valence-corrected chi connectivity index (χ0v) is 11.0. The molecule has 0 bridgehead atoms. The number of carboxylic acid groups (broad SMARTS) is 1. The molecule has 10 heteroatoms. The Morgan fingerprint density at radius 2 is 2.14 bits per heavy atom. The van der Waals surface area contributed by atoms with Crippen LogP contribution < -0.4 is 0 Å². The van der Waals surface area contributed by atoms with Crippen LogP contribution in [0, 0.1) is 0 Å². The SMILES string of the molecule is Cn1cncc1-c1c(C(=O)O)nnn1CCCC(F)(F)F. The predicted octanol–water partition coefficient (Wildman–Crippen LogP) is 1.72. The Kier molecular flexibility index (Phi) is 3.96. The number of carboxylic acids is 1. The van der Waals surface area contributed by atoms with Crippen LogP contribution in [0.4, 0.5) is 13.2 Å². The average Bonchev–Trinajstić information content (AvgIpc) is 2.93. The molecule has 7 nitrogen and oxygen atoms in total. The van der Waals surface area contributed by atoms with Gasteiger partial charge in [-0.05, 0) is 6.42 Å². The Labute approximate surface area is 117 Å². The maximum absolute atomic E-state index is 12.2. The van der Waals surface area contributed by atoms with E-state index in [9.17, 15) is 18.0 Å². The molecule has 0 atom stereocenters. The summed E-state index contributed by atoms with van der Waals surface area (Å²) in [6, 6.07) is 0. The number of alkyl halides is 3. The molecule has 0 unspecified atom stereocenters. The molecule has 0 fully saturated rings. The van der Waals surface area contributed by atoms with Gasteiger partial charge in [0.2, 0.25) is 0 Å². The van der Waals surface area contributed by atoms with Gasteiger partial charge in [-0.1, -0.05) is 5.21 Å². The maximum atomic E-state index is 12.2. The molecule has 2 aromatic heterocycles. The summed E-state index contributed by atoms with van der Waals surface area (Å²) in [5.74, 6) is -1.30. The number of aromatic carboxylic acids is 1. The van der Waals surface area contributed by atoms with E-state index in [-0.39, 0.29) is 24.4 Å². The van der Waals surface area contributed by atoms with Gasteiger partial charge in [0.1, 0.15) is 5.69 Å². The molecular weight excluding hydrogens is 291 g/mol. The normalized spacial score (nSPS) is 11.8. The van der Waals surface area contributed by atoms with Gasteiger partial charge in [-0.15, -0.1) is 5.10 Å². The number of aryl methyl sites for hydroxylation is 2. The highest BCUT2D eigenvalue weighted by Crippen LogP contribution is 2.24. The molecule has 114 valence electrons. The first-order valence-corrected chi connectivity index (χ1v) is 6.00. The van der Waals surface area contributed by atoms with Gasteiger partial charge in [-0.3, -0.25) is 0 Å². The summed E-state index contributed by atoms with van der Waals surface area (Å²) >= 11 is 0. The van der Waals surface area contributed by atoms with Gasteiger partial charge >= 0.3 is 12.1 Å². The van der Waals surface area contributed by atoms with Crippen LogP contribution in [-0.2, 0) is 13.6 Å². The molecule has 0 aliphatic heterocycles.